The van der Waals surface area contributed by atoms with Crippen molar-refractivity contribution in [3.05, 3.63) is 48.5 Å². The second-order valence-corrected chi connectivity index (χ2v) is 10.5. The van der Waals surface area contributed by atoms with Crippen LogP contribution in [0.25, 0.3) is 11.2 Å². The zero-order chi connectivity index (χ0) is 23.1. The number of carboxylic acids is 1. The quantitative estimate of drug-likeness (QED) is 0.623. The number of anilines is 1. The molecule has 1 saturated heterocycles. The second-order valence-electron chi connectivity index (χ2n) is 8.65. The number of piperazine rings is 1. The topological polar surface area (TPSA) is 129 Å². The summed E-state index contributed by atoms with van der Waals surface area (Å²) >= 11 is 0. The molecule has 0 unspecified atom stereocenters. The lowest BCUT2D eigenvalue weighted by atomic mass is 9.87. The number of carbonyl (C=O) groups is 1. The first kappa shape index (κ1) is 22.0. The molecule has 0 aliphatic carbocycles. The predicted molar refractivity (Wildman–Crippen MR) is 118 cm³/mol. The molecule has 4 rings (SSSR count). The zero-order valence-electron chi connectivity index (χ0n) is 18.0. The molecule has 0 radical (unpaired) electrons. The van der Waals surface area contributed by atoms with Crippen LogP contribution in [0.3, 0.4) is 0 Å². The maximum atomic E-state index is 13.3. The third-order valence-electron chi connectivity index (χ3n) is 5.48. The Balaban J connectivity index is 1.61. The number of carboxylic acid groups (broad SMARTS) is 1. The van der Waals surface area contributed by atoms with Crippen LogP contribution in [0, 0.1) is 0 Å². The maximum Gasteiger partial charge on any atom is 0.323 e. The Hall–Kier alpha value is -3.18. The van der Waals surface area contributed by atoms with Crippen molar-refractivity contribution < 1.29 is 18.3 Å². The molecule has 1 aliphatic rings. The molecular weight excluding hydrogens is 432 g/mol. The van der Waals surface area contributed by atoms with Crippen molar-refractivity contribution >= 4 is 33.0 Å². The van der Waals surface area contributed by atoms with E-state index in [4.69, 9.17) is 0 Å². The minimum Gasteiger partial charge on any atom is -0.480 e. The Kier molecular flexibility index (Phi) is 5.55. The normalized spacial score (nSPS) is 18.1. The summed E-state index contributed by atoms with van der Waals surface area (Å²) in [5, 5.41) is 9.82. The molecule has 1 atom stereocenters. The van der Waals surface area contributed by atoms with Crippen molar-refractivity contribution in [2.24, 2.45) is 0 Å². The molecule has 1 aromatic carbocycles. The first-order chi connectivity index (χ1) is 15.1. The molecule has 3 aromatic rings. The second kappa shape index (κ2) is 8.06. The van der Waals surface area contributed by atoms with Crippen LogP contribution >= 0.6 is 0 Å². The van der Waals surface area contributed by atoms with E-state index >= 15 is 0 Å². The molecular formula is C21H24N6O4S. The summed E-state index contributed by atoms with van der Waals surface area (Å²) in [6.45, 7) is 6.34. The standard InChI is InChI=1S/C21H24N6O4S/c1-21(2,3)14-4-6-15(7-5-14)32(30,31)27-9-8-26(12-17(27)20(28)29)18-11-23-16-10-22-13-24-19(16)25-18/h4-7,10-11,13,17H,8-9,12H2,1-3H3,(H,28,29)/t17-/m1/s1. The minimum absolute atomic E-state index is 0.00378. The van der Waals surface area contributed by atoms with Crippen LogP contribution in [0.5, 0.6) is 0 Å². The molecule has 0 bridgehead atoms. The van der Waals surface area contributed by atoms with E-state index in [1.807, 2.05) is 20.8 Å². The monoisotopic (exact) mass is 456 g/mol. The number of aliphatic carboxylic acids is 1. The van der Waals surface area contributed by atoms with Gasteiger partial charge in [0.05, 0.1) is 17.3 Å². The summed E-state index contributed by atoms with van der Waals surface area (Å²) in [5.74, 6) is -0.783. The summed E-state index contributed by atoms with van der Waals surface area (Å²) in [7, 11) is -3.99. The number of fused-ring (bicyclic) bond motifs is 1. The van der Waals surface area contributed by atoms with Gasteiger partial charge < -0.3 is 10.0 Å². The van der Waals surface area contributed by atoms with Crippen LogP contribution in [0.4, 0.5) is 5.82 Å². The van der Waals surface area contributed by atoms with E-state index in [9.17, 15) is 18.3 Å². The molecule has 10 nitrogen and oxygen atoms in total. The first-order valence-corrected chi connectivity index (χ1v) is 11.5. The van der Waals surface area contributed by atoms with E-state index in [0.29, 0.717) is 17.0 Å². The maximum absolute atomic E-state index is 13.3. The smallest absolute Gasteiger partial charge is 0.323 e. The van der Waals surface area contributed by atoms with Gasteiger partial charge in [-0.15, -0.1) is 0 Å². The Morgan fingerprint density at radius 3 is 2.47 bits per heavy atom. The van der Waals surface area contributed by atoms with Crippen LogP contribution in [0.1, 0.15) is 26.3 Å². The number of sulfonamides is 1. The molecule has 0 saturated carbocycles. The first-order valence-electron chi connectivity index (χ1n) is 10.1. The summed E-state index contributed by atoms with van der Waals surface area (Å²) in [4.78, 5) is 30.5. The van der Waals surface area contributed by atoms with Gasteiger partial charge in [-0.25, -0.2) is 28.4 Å². The number of nitrogens with zero attached hydrogens (tertiary/aromatic N) is 6. The van der Waals surface area contributed by atoms with Gasteiger partial charge in [0.2, 0.25) is 10.0 Å². The van der Waals surface area contributed by atoms with E-state index in [-0.39, 0.29) is 29.9 Å². The van der Waals surface area contributed by atoms with Crippen molar-refractivity contribution in [3.63, 3.8) is 0 Å². The van der Waals surface area contributed by atoms with Gasteiger partial charge in [0.15, 0.2) is 5.65 Å². The number of hydrogen-bond acceptors (Lipinski definition) is 8. The fourth-order valence-corrected chi connectivity index (χ4v) is 5.20. The van der Waals surface area contributed by atoms with Gasteiger partial charge >= 0.3 is 5.97 Å². The lowest BCUT2D eigenvalue weighted by Gasteiger charge is -2.38. The molecule has 0 amide bonds. The largest absolute Gasteiger partial charge is 0.480 e. The summed E-state index contributed by atoms with van der Waals surface area (Å²) in [6.07, 6.45) is 4.41. The summed E-state index contributed by atoms with van der Waals surface area (Å²) < 4.78 is 27.6. The number of aromatic nitrogens is 4. The molecule has 0 spiro atoms. The van der Waals surface area contributed by atoms with Gasteiger partial charge in [0, 0.05) is 19.6 Å². The van der Waals surface area contributed by atoms with E-state index in [2.05, 4.69) is 19.9 Å². The lowest BCUT2D eigenvalue weighted by molar-refractivity contribution is -0.141. The number of hydrogen-bond donors (Lipinski definition) is 1. The average Bonchev–Trinajstić information content (AvgIpc) is 2.77. The average molecular weight is 457 g/mol. The molecule has 11 heteroatoms. The summed E-state index contributed by atoms with van der Waals surface area (Å²) in [6, 6.07) is 5.35. The Morgan fingerprint density at radius 1 is 1.09 bits per heavy atom. The minimum atomic E-state index is -3.99. The Labute approximate surface area is 186 Å². The van der Waals surface area contributed by atoms with E-state index in [1.165, 1.54) is 30.9 Å². The van der Waals surface area contributed by atoms with Crippen molar-refractivity contribution in [2.45, 2.75) is 37.1 Å². The van der Waals surface area contributed by atoms with Gasteiger partial charge in [-0.1, -0.05) is 32.9 Å². The van der Waals surface area contributed by atoms with Crippen molar-refractivity contribution in [3.8, 4) is 0 Å². The third-order valence-corrected chi connectivity index (χ3v) is 7.40. The van der Waals surface area contributed by atoms with Gasteiger partial charge in [0.25, 0.3) is 0 Å². The van der Waals surface area contributed by atoms with Crippen LogP contribution < -0.4 is 4.90 Å². The highest BCUT2D eigenvalue weighted by molar-refractivity contribution is 7.89. The molecule has 1 aliphatic heterocycles. The van der Waals surface area contributed by atoms with E-state index in [1.54, 1.807) is 17.0 Å². The van der Waals surface area contributed by atoms with Crippen molar-refractivity contribution in [2.75, 3.05) is 24.5 Å². The molecule has 2 aromatic heterocycles. The molecule has 32 heavy (non-hydrogen) atoms. The zero-order valence-corrected chi connectivity index (χ0v) is 18.8. The molecule has 168 valence electrons. The van der Waals surface area contributed by atoms with Gasteiger partial charge in [0.1, 0.15) is 23.7 Å². The molecule has 1 fully saturated rings. The predicted octanol–water partition coefficient (Wildman–Crippen LogP) is 1.68. The van der Waals surface area contributed by atoms with Crippen LogP contribution in [0.15, 0.2) is 47.9 Å². The summed E-state index contributed by atoms with van der Waals surface area (Å²) in [5.41, 5.74) is 1.78. The van der Waals surface area contributed by atoms with E-state index < -0.39 is 22.0 Å². The van der Waals surface area contributed by atoms with Gasteiger partial charge in [-0.2, -0.15) is 4.31 Å². The molecule has 1 N–H and O–H groups in total. The number of benzene rings is 1. The van der Waals surface area contributed by atoms with Crippen LogP contribution in [-0.2, 0) is 20.2 Å². The van der Waals surface area contributed by atoms with Crippen molar-refractivity contribution in [1.82, 2.24) is 24.2 Å². The van der Waals surface area contributed by atoms with E-state index in [0.717, 1.165) is 9.87 Å². The Morgan fingerprint density at radius 2 is 1.81 bits per heavy atom. The van der Waals surface area contributed by atoms with Gasteiger partial charge in [-0.05, 0) is 23.1 Å². The third kappa shape index (κ3) is 4.13. The SMILES string of the molecule is CC(C)(C)c1ccc(S(=O)(=O)N2CCN(c3cnc4cncnc4n3)C[C@@H]2C(=O)O)cc1. The fourth-order valence-electron chi connectivity index (χ4n) is 3.64. The van der Waals surface area contributed by atoms with Crippen LogP contribution in [0.2, 0.25) is 0 Å². The van der Waals surface area contributed by atoms with Gasteiger partial charge in [-0.3, -0.25) is 4.79 Å². The van der Waals surface area contributed by atoms with Crippen molar-refractivity contribution in [1.29, 1.82) is 0 Å². The Bertz CT molecular complexity index is 1260. The molecule has 3 heterocycles. The highest BCUT2D eigenvalue weighted by Gasteiger charge is 2.40. The highest BCUT2D eigenvalue weighted by atomic mass is 32.2. The number of rotatable bonds is 4. The lowest BCUT2D eigenvalue weighted by Crippen LogP contribution is -2.58. The highest BCUT2D eigenvalue weighted by Crippen LogP contribution is 2.27. The fraction of sp³-hybridized carbons (Fsp3) is 0.381. The van der Waals surface area contributed by atoms with Crippen LogP contribution in [-0.4, -0.2) is 69.4 Å².